The topological polar surface area (TPSA) is 38.0 Å². The summed E-state index contributed by atoms with van der Waals surface area (Å²) < 4.78 is 0. The second kappa shape index (κ2) is 3.96. The summed E-state index contributed by atoms with van der Waals surface area (Å²) in [5, 5.41) is 2.86. The molecule has 2 nitrogen and oxygen atoms in total. The van der Waals surface area contributed by atoms with Crippen molar-refractivity contribution in [3.8, 4) is 0 Å². The average molecular weight is 217 g/mol. The van der Waals surface area contributed by atoms with E-state index in [4.69, 9.17) is 17.4 Å². The van der Waals surface area contributed by atoms with Crippen molar-refractivity contribution in [3.63, 3.8) is 0 Å². The molecule has 0 aliphatic heterocycles. The Bertz CT molecular complexity index is 283. The molecule has 0 saturated heterocycles. The molecule has 1 aromatic heterocycles. The van der Waals surface area contributed by atoms with Crippen LogP contribution in [0.3, 0.4) is 0 Å². The van der Waals surface area contributed by atoms with Gasteiger partial charge >= 0.3 is 0 Å². The van der Waals surface area contributed by atoms with Crippen LogP contribution < -0.4 is 11.3 Å². The molecule has 0 amide bonds. The minimum Gasteiger partial charge on any atom is -0.271 e. The maximum Gasteiger partial charge on any atom is 0.0596 e. The Morgan fingerprint density at radius 1 is 1.62 bits per heavy atom. The lowest BCUT2D eigenvalue weighted by molar-refractivity contribution is 0.235. The minimum absolute atomic E-state index is 0.265. The molecule has 0 spiro atoms. The van der Waals surface area contributed by atoms with Gasteiger partial charge in [-0.15, -0.1) is 11.3 Å². The predicted molar refractivity (Wildman–Crippen MR) is 56.7 cm³/mol. The van der Waals surface area contributed by atoms with E-state index < -0.39 is 0 Å². The van der Waals surface area contributed by atoms with Crippen LogP contribution in [-0.2, 0) is 0 Å². The summed E-state index contributed by atoms with van der Waals surface area (Å²) in [6, 6.07) is 2.20. The fourth-order valence-electron chi connectivity index (χ4n) is 1.73. The number of halogens is 1. The van der Waals surface area contributed by atoms with Gasteiger partial charge in [0.25, 0.3) is 0 Å². The lowest BCUT2D eigenvalue weighted by Gasteiger charge is -2.32. The SMILES string of the molecule is NNC(c1sccc1Cl)C1CCC1. The van der Waals surface area contributed by atoms with Crippen molar-refractivity contribution in [2.75, 3.05) is 0 Å². The highest BCUT2D eigenvalue weighted by molar-refractivity contribution is 7.10. The minimum atomic E-state index is 0.265. The third kappa shape index (κ3) is 1.74. The van der Waals surface area contributed by atoms with Crippen molar-refractivity contribution in [1.82, 2.24) is 5.43 Å². The van der Waals surface area contributed by atoms with Crippen LogP contribution in [0.4, 0.5) is 0 Å². The highest BCUT2D eigenvalue weighted by Gasteiger charge is 2.29. The van der Waals surface area contributed by atoms with E-state index in [0.717, 1.165) is 5.02 Å². The van der Waals surface area contributed by atoms with Crippen molar-refractivity contribution < 1.29 is 0 Å². The van der Waals surface area contributed by atoms with E-state index >= 15 is 0 Å². The molecule has 13 heavy (non-hydrogen) atoms. The van der Waals surface area contributed by atoms with Gasteiger partial charge in [-0.05, 0) is 30.2 Å². The third-order valence-electron chi connectivity index (χ3n) is 2.73. The number of thiophene rings is 1. The molecule has 0 bridgehead atoms. The summed E-state index contributed by atoms with van der Waals surface area (Å²) in [5.74, 6) is 6.22. The van der Waals surface area contributed by atoms with E-state index in [-0.39, 0.29) is 6.04 Å². The molecule has 72 valence electrons. The van der Waals surface area contributed by atoms with Crippen molar-refractivity contribution in [2.24, 2.45) is 11.8 Å². The van der Waals surface area contributed by atoms with E-state index in [0.29, 0.717) is 5.92 Å². The van der Waals surface area contributed by atoms with Crippen LogP contribution in [0.2, 0.25) is 5.02 Å². The molecule has 1 aliphatic rings. The lowest BCUT2D eigenvalue weighted by Crippen LogP contribution is -2.36. The Morgan fingerprint density at radius 3 is 2.77 bits per heavy atom. The predicted octanol–water partition coefficient (Wildman–Crippen LogP) is 2.71. The summed E-state index contributed by atoms with van der Waals surface area (Å²) in [5.41, 5.74) is 2.87. The van der Waals surface area contributed by atoms with Crippen LogP contribution in [0.25, 0.3) is 0 Å². The van der Waals surface area contributed by atoms with Crippen molar-refractivity contribution in [3.05, 3.63) is 21.3 Å². The maximum atomic E-state index is 6.05. The van der Waals surface area contributed by atoms with Gasteiger partial charge in [0.1, 0.15) is 0 Å². The van der Waals surface area contributed by atoms with Gasteiger partial charge in [-0.1, -0.05) is 18.0 Å². The molecular weight excluding hydrogens is 204 g/mol. The summed E-state index contributed by atoms with van der Waals surface area (Å²) in [6.45, 7) is 0. The zero-order valence-electron chi connectivity index (χ0n) is 7.29. The maximum absolute atomic E-state index is 6.05. The van der Waals surface area contributed by atoms with Gasteiger partial charge in [0.2, 0.25) is 0 Å². The fourth-order valence-corrected chi connectivity index (χ4v) is 3.05. The quantitative estimate of drug-likeness (QED) is 0.602. The van der Waals surface area contributed by atoms with Crippen LogP contribution in [0.1, 0.15) is 30.2 Å². The van der Waals surface area contributed by atoms with E-state index in [1.165, 1.54) is 24.1 Å². The van der Waals surface area contributed by atoms with Crippen LogP contribution in [0.5, 0.6) is 0 Å². The molecule has 1 aliphatic carbocycles. The second-order valence-corrected chi connectivity index (χ2v) is 4.82. The summed E-state index contributed by atoms with van der Waals surface area (Å²) >= 11 is 7.74. The molecule has 0 radical (unpaired) electrons. The number of nitrogens with two attached hydrogens (primary N) is 1. The molecule has 0 aromatic carbocycles. The van der Waals surface area contributed by atoms with Crippen LogP contribution in [-0.4, -0.2) is 0 Å². The summed E-state index contributed by atoms with van der Waals surface area (Å²) in [4.78, 5) is 1.19. The standard InChI is InChI=1S/C9H13ClN2S/c10-7-4-5-13-9(7)8(12-11)6-2-1-3-6/h4-6,8,12H,1-3,11H2. The van der Waals surface area contributed by atoms with Crippen LogP contribution in [0.15, 0.2) is 11.4 Å². The molecule has 3 N–H and O–H groups in total. The zero-order valence-corrected chi connectivity index (χ0v) is 8.87. The summed E-state index contributed by atoms with van der Waals surface area (Å²) in [7, 11) is 0. The smallest absolute Gasteiger partial charge is 0.0596 e. The molecule has 1 saturated carbocycles. The normalized spacial score (nSPS) is 19.8. The number of hydrogen-bond acceptors (Lipinski definition) is 3. The molecular formula is C9H13ClN2S. The van der Waals surface area contributed by atoms with Gasteiger partial charge in [0, 0.05) is 4.88 Å². The van der Waals surface area contributed by atoms with Gasteiger partial charge in [-0.3, -0.25) is 11.3 Å². The Hall–Kier alpha value is -0.0900. The van der Waals surface area contributed by atoms with E-state index in [2.05, 4.69) is 5.43 Å². The number of hydrogen-bond donors (Lipinski definition) is 2. The van der Waals surface area contributed by atoms with Gasteiger partial charge in [-0.2, -0.15) is 0 Å². The van der Waals surface area contributed by atoms with Gasteiger partial charge < -0.3 is 0 Å². The second-order valence-electron chi connectivity index (χ2n) is 3.47. The van der Waals surface area contributed by atoms with E-state index in [1.807, 2.05) is 11.4 Å². The Morgan fingerprint density at radius 2 is 2.38 bits per heavy atom. The van der Waals surface area contributed by atoms with E-state index in [9.17, 15) is 0 Å². The number of hydrazine groups is 1. The first-order valence-corrected chi connectivity index (χ1v) is 5.77. The Kier molecular flexibility index (Phi) is 2.89. The van der Waals surface area contributed by atoms with Crippen LogP contribution in [0, 0.1) is 5.92 Å². The van der Waals surface area contributed by atoms with Crippen molar-refractivity contribution in [1.29, 1.82) is 0 Å². The van der Waals surface area contributed by atoms with Gasteiger partial charge in [-0.25, -0.2) is 0 Å². The number of nitrogens with one attached hydrogen (secondary N) is 1. The van der Waals surface area contributed by atoms with Crippen molar-refractivity contribution >= 4 is 22.9 Å². The first-order valence-electron chi connectivity index (χ1n) is 4.52. The highest BCUT2D eigenvalue weighted by atomic mass is 35.5. The zero-order chi connectivity index (χ0) is 9.26. The third-order valence-corrected chi connectivity index (χ3v) is 4.17. The van der Waals surface area contributed by atoms with Gasteiger partial charge in [0.15, 0.2) is 0 Å². The summed E-state index contributed by atoms with van der Waals surface area (Å²) in [6.07, 6.45) is 3.86. The lowest BCUT2D eigenvalue weighted by atomic mass is 9.79. The molecule has 1 aromatic rings. The molecule has 1 fully saturated rings. The Labute approximate surface area is 87.1 Å². The fraction of sp³-hybridized carbons (Fsp3) is 0.556. The molecule has 2 rings (SSSR count). The highest BCUT2D eigenvalue weighted by Crippen LogP contribution is 2.41. The largest absolute Gasteiger partial charge is 0.271 e. The first-order chi connectivity index (χ1) is 6.33. The Balaban J connectivity index is 2.16. The van der Waals surface area contributed by atoms with E-state index in [1.54, 1.807) is 11.3 Å². The van der Waals surface area contributed by atoms with Crippen molar-refractivity contribution in [2.45, 2.75) is 25.3 Å². The monoisotopic (exact) mass is 216 g/mol. The average Bonchev–Trinajstić information content (AvgIpc) is 2.43. The first kappa shape index (κ1) is 9.46. The molecule has 1 atom stereocenters. The van der Waals surface area contributed by atoms with Crippen LogP contribution >= 0.6 is 22.9 Å². The number of rotatable bonds is 3. The van der Waals surface area contributed by atoms with Gasteiger partial charge in [0.05, 0.1) is 11.1 Å². The molecule has 1 heterocycles. The molecule has 4 heteroatoms. The molecule has 1 unspecified atom stereocenters.